The first-order valence-electron chi connectivity index (χ1n) is 5.58. The molecule has 17 heavy (non-hydrogen) atoms. The van der Waals surface area contributed by atoms with E-state index in [-0.39, 0.29) is 18.7 Å². The van der Waals surface area contributed by atoms with Gasteiger partial charge in [-0.15, -0.1) is 5.10 Å². The molecule has 0 saturated heterocycles. The summed E-state index contributed by atoms with van der Waals surface area (Å²) < 4.78 is 0. The lowest BCUT2D eigenvalue weighted by Gasteiger charge is -2.18. The minimum atomic E-state index is -0.384. The lowest BCUT2D eigenvalue weighted by Crippen LogP contribution is -2.41. The molecule has 1 rings (SSSR count). The van der Waals surface area contributed by atoms with Crippen molar-refractivity contribution in [3.8, 4) is 0 Å². The number of rotatable bonds is 5. The molecule has 1 aromatic rings. The summed E-state index contributed by atoms with van der Waals surface area (Å²) in [5.41, 5.74) is 0. The molecule has 0 spiro atoms. The molecule has 1 atom stereocenters. The minimum absolute atomic E-state index is 0.0773. The Hall–Kier alpha value is -1.69. The van der Waals surface area contributed by atoms with Crippen molar-refractivity contribution in [3.05, 3.63) is 18.3 Å². The number of anilines is 1. The molecule has 6 heteroatoms. The smallest absolute Gasteiger partial charge is 0.320 e. The molecule has 0 fully saturated rings. The molecule has 2 amide bonds. The first kappa shape index (κ1) is 13.4. The Morgan fingerprint density at radius 1 is 1.53 bits per heavy atom. The van der Waals surface area contributed by atoms with Crippen molar-refractivity contribution in [1.82, 2.24) is 15.5 Å². The van der Waals surface area contributed by atoms with Gasteiger partial charge in [0, 0.05) is 6.20 Å². The van der Waals surface area contributed by atoms with Gasteiger partial charge < -0.3 is 10.4 Å². The van der Waals surface area contributed by atoms with Crippen molar-refractivity contribution in [2.45, 2.75) is 26.3 Å². The van der Waals surface area contributed by atoms with E-state index < -0.39 is 0 Å². The van der Waals surface area contributed by atoms with Gasteiger partial charge in [-0.2, -0.15) is 5.10 Å². The van der Waals surface area contributed by atoms with Crippen LogP contribution in [0.5, 0.6) is 0 Å². The molecule has 0 radical (unpaired) electrons. The number of hydrogen-bond acceptors (Lipinski definition) is 4. The van der Waals surface area contributed by atoms with Crippen LogP contribution in [-0.2, 0) is 0 Å². The highest BCUT2D eigenvalue weighted by molar-refractivity contribution is 5.88. The van der Waals surface area contributed by atoms with Gasteiger partial charge in [0.1, 0.15) is 0 Å². The lowest BCUT2D eigenvalue weighted by molar-refractivity contribution is 0.214. The van der Waals surface area contributed by atoms with E-state index in [0.717, 1.165) is 6.42 Å². The van der Waals surface area contributed by atoms with Crippen molar-refractivity contribution >= 4 is 11.8 Å². The van der Waals surface area contributed by atoms with Crippen molar-refractivity contribution in [2.24, 2.45) is 5.92 Å². The second-order valence-electron chi connectivity index (χ2n) is 4.22. The predicted molar refractivity (Wildman–Crippen MR) is 64.5 cm³/mol. The molecule has 0 aliphatic carbocycles. The summed E-state index contributed by atoms with van der Waals surface area (Å²) in [6.07, 6.45) is 2.25. The van der Waals surface area contributed by atoms with E-state index in [1.807, 2.05) is 13.8 Å². The van der Waals surface area contributed by atoms with Gasteiger partial charge in [-0.25, -0.2) is 4.79 Å². The van der Waals surface area contributed by atoms with E-state index in [9.17, 15) is 4.79 Å². The fourth-order valence-electron chi connectivity index (χ4n) is 1.45. The lowest BCUT2D eigenvalue weighted by atomic mass is 10.0. The summed E-state index contributed by atoms with van der Waals surface area (Å²) >= 11 is 0. The number of aromatic nitrogens is 2. The van der Waals surface area contributed by atoms with Crippen LogP contribution < -0.4 is 10.6 Å². The van der Waals surface area contributed by atoms with Gasteiger partial charge in [0.15, 0.2) is 5.82 Å². The Morgan fingerprint density at radius 3 is 2.82 bits per heavy atom. The number of carbonyl (C=O) groups is 1. The van der Waals surface area contributed by atoms with Gasteiger partial charge in [-0.1, -0.05) is 13.8 Å². The minimum Gasteiger partial charge on any atom is -0.394 e. The average molecular weight is 238 g/mol. The van der Waals surface area contributed by atoms with Crippen LogP contribution in [0.4, 0.5) is 10.6 Å². The first-order chi connectivity index (χ1) is 8.11. The van der Waals surface area contributed by atoms with Crippen LogP contribution >= 0.6 is 0 Å². The maximum Gasteiger partial charge on any atom is 0.320 e. The third-order valence-corrected chi connectivity index (χ3v) is 2.13. The summed E-state index contributed by atoms with van der Waals surface area (Å²) in [5.74, 6) is 0.787. The Morgan fingerprint density at radius 2 is 2.29 bits per heavy atom. The summed E-state index contributed by atoms with van der Waals surface area (Å²) in [6.45, 7) is 3.99. The highest BCUT2D eigenvalue weighted by atomic mass is 16.3. The number of aliphatic hydroxyl groups is 1. The van der Waals surface area contributed by atoms with Crippen LogP contribution in [0, 0.1) is 5.92 Å². The molecular weight excluding hydrogens is 220 g/mol. The van der Waals surface area contributed by atoms with Crippen LogP contribution in [0.3, 0.4) is 0 Å². The van der Waals surface area contributed by atoms with Gasteiger partial charge in [0.25, 0.3) is 0 Å². The Balaban J connectivity index is 2.43. The highest BCUT2D eigenvalue weighted by Gasteiger charge is 2.13. The zero-order valence-corrected chi connectivity index (χ0v) is 10.1. The number of nitrogens with zero attached hydrogens (tertiary/aromatic N) is 2. The second-order valence-corrected chi connectivity index (χ2v) is 4.22. The maximum atomic E-state index is 11.6. The quantitative estimate of drug-likeness (QED) is 0.714. The molecule has 94 valence electrons. The molecule has 0 saturated carbocycles. The van der Waals surface area contributed by atoms with Crippen molar-refractivity contribution in [3.63, 3.8) is 0 Å². The van der Waals surface area contributed by atoms with Crippen LogP contribution in [0.25, 0.3) is 0 Å². The Bertz CT molecular complexity index is 343. The van der Waals surface area contributed by atoms with E-state index >= 15 is 0 Å². The second kappa shape index (κ2) is 6.80. The zero-order valence-electron chi connectivity index (χ0n) is 10.1. The van der Waals surface area contributed by atoms with Gasteiger partial charge in [0.05, 0.1) is 12.6 Å². The molecule has 0 aromatic carbocycles. The molecule has 1 unspecified atom stereocenters. The number of carbonyl (C=O) groups excluding carboxylic acids is 1. The van der Waals surface area contributed by atoms with Crippen LogP contribution in [-0.4, -0.2) is 34.0 Å². The number of urea groups is 1. The topological polar surface area (TPSA) is 87.1 Å². The average Bonchev–Trinajstić information content (AvgIpc) is 2.28. The Kier molecular flexibility index (Phi) is 5.35. The molecule has 1 heterocycles. The van der Waals surface area contributed by atoms with Crippen LogP contribution in [0.1, 0.15) is 20.3 Å². The molecule has 0 aliphatic rings. The number of aliphatic hydroxyl groups excluding tert-OH is 1. The molecule has 6 nitrogen and oxygen atoms in total. The summed E-state index contributed by atoms with van der Waals surface area (Å²) in [5, 5.41) is 21.7. The fourth-order valence-corrected chi connectivity index (χ4v) is 1.45. The zero-order chi connectivity index (χ0) is 12.7. The molecule has 0 bridgehead atoms. The van der Waals surface area contributed by atoms with Crippen molar-refractivity contribution < 1.29 is 9.90 Å². The summed E-state index contributed by atoms with van der Waals surface area (Å²) in [4.78, 5) is 11.6. The molecule has 0 aliphatic heterocycles. The van der Waals surface area contributed by atoms with Crippen LogP contribution in [0.2, 0.25) is 0 Å². The van der Waals surface area contributed by atoms with E-state index in [1.54, 1.807) is 12.1 Å². The molecular formula is C11H18N4O2. The Labute approximate surface area is 100 Å². The van der Waals surface area contributed by atoms with Gasteiger partial charge in [0.2, 0.25) is 0 Å². The van der Waals surface area contributed by atoms with Crippen molar-refractivity contribution in [2.75, 3.05) is 11.9 Å². The van der Waals surface area contributed by atoms with E-state index in [2.05, 4.69) is 20.8 Å². The first-order valence-corrected chi connectivity index (χ1v) is 5.58. The summed E-state index contributed by atoms with van der Waals surface area (Å²) in [6, 6.07) is 2.69. The predicted octanol–water partition coefficient (Wildman–Crippen LogP) is 1.01. The number of nitrogens with one attached hydrogen (secondary N) is 2. The fraction of sp³-hybridized carbons (Fsp3) is 0.545. The number of amides is 2. The summed E-state index contributed by atoms with van der Waals surface area (Å²) in [7, 11) is 0. The largest absolute Gasteiger partial charge is 0.394 e. The van der Waals surface area contributed by atoms with E-state index in [4.69, 9.17) is 5.11 Å². The SMILES string of the molecule is CC(C)CC(CO)NC(=O)Nc1cccnn1. The van der Waals surface area contributed by atoms with E-state index in [1.165, 1.54) is 6.20 Å². The highest BCUT2D eigenvalue weighted by Crippen LogP contribution is 2.04. The normalized spacial score (nSPS) is 12.2. The number of hydrogen-bond donors (Lipinski definition) is 3. The van der Waals surface area contributed by atoms with E-state index in [0.29, 0.717) is 11.7 Å². The monoisotopic (exact) mass is 238 g/mol. The molecule has 3 N–H and O–H groups in total. The van der Waals surface area contributed by atoms with Crippen molar-refractivity contribution in [1.29, 1.82) is 0 Å². The standard InChI is InChI=1S/C11H18N4O2/c1-8(2)6-9(7-16)13-11(17)14-10-4-3-5-12-15-10/h3-5,8-9,16H,6-7H2,1-2H3,(H2,13,14,15,17). The maximum absolute atomic E-state index is 11.6. The molecule has 1 aromatic heterocycles. The third kappa shape index (κ3) is 5.26. The van der Waals surface area contributed by atoms with Gasteiger partial charge in [-0.3, -0.25) is 5.32 Å². The van der Waals surface area contributed by atoms with Gasteiger partial charge in [-0.05, 0) is 24.5 Å². The van der Waals surface area contributed by atoms with Gasteiger partial charge >= 0.3 is 6.03 Å². The van der Waals surface area contributed by atoms with Crippen LogP contribution in [0.15, 0.2) is 18.3 Å². The third-order valence-electron chi connectivity index (χ3n) is 2.13.